The van der Waals surface area contributed by atoms with E-state index >= 15 is 0 Å². The van der Waals surface area contributed by atoms with Gasteiger partial charge in [0, 0.05) is 31.5 Å². The van der Waals surface area contributed by atoms with E-state index in [4.69, 9.17) is 4.74 Å². The zero-order valence-electron chi connectivity index (χ0n) is 10.7. The highest BCUT2D eigenvalue weighted by molar-refractivity contribution is 5.82. The van der Waals surface area contributed by atoms with Gasteiger partial charge in [-0.05, 0) is 19.9 Å². The van der Waals surface area contributed by atoms with Crippen LogP contribution in [-0.2, 0) is 4.79 Å². The summed E-state index contributed by atoms with van der Waals surface area (Å²) in [6, 6.07) is 3.63. The van der Waals surface area contributed by atoms with Crippen molar-refractivity contribution in [3.8, 4) is 5.88 Å². The first kappa shape index (κ1) is 13.3. The zero-order valence-corrected chi connectivity index (χ0v) is 10.7. The van der Waals surface area contributed by atoms with E-state index in [2.05, 4.69) is 15.6 Å². The monoisotopic (exact) mass is 237 g/mol. The molecule has 17 heavy (non-hydrogen) atoms. The first-order chi connectivity index (χ1) is 7.99. The van der Waals surface area contributed by atoms with Gasteiger partial charge in [-0.25, -0.2) is 4.98 Å². The predicted octanol–water partition coefficient (Wildman–Crippen LogP) is 1.27. The molecular formula is C12H19N3O2. The Balaban J connectivity index is 2.63. The van der Waals surface area contributed by atoms with Gasteiger partial charge in [-0.15, -0.1) is 0 Å². The number of pyridine rings is 1. The third kappa shape index (κ3) is 3.62. The third-order valence-electron chi connectivity index (χ3n) is 2.52. The number of hydrogen-bond acceptors (Lipinski definition) is 4. The Morgan fingerprint density at radius 3 is 2.82 bits per heavy atom. The van der Waals surface area contributed by atoms with Gasteiger partial charge in [-0.1, -0.05) is 0 Å². The van der Waals surface area contributed by atoms with Crippen LogP contribution in [0.2, 0.25) is 0 Å². The van der Waals surface area contributed by atoms with Crippen LogP contribution >= 0.6 is 0 Å². The summed E-state index contributed by atoms with van der Waals surface area (Å²) < 4.78 is 5.03. The summed E-state index contributed by atoms with van der Waals surface area (Å²) in [5.74, 6) is 0.554. The number of nitrogens with zero attached hydrogens (tertiary/aromatic N) is 1. The standard InChI is InChI=1S/C12H19N3O2/c1-12(2,11(16)13-3)8-15-9-5-6-14-10(7-9)17-4/h5-7H,8H2,1-4H3,(H,13,16)(H,14,15). The maximum atomic E-state index is 11.6. The molecule has 1 heterocycles. The second-order valence-corrected chi connectivity index (χ2v) is 4.40. The van der Waals surface area contributed by atoms with Crippen LogP contribution in [-0.4, -0.2) is 31.6 Å². The van der Waals surface area contributed by atoms with Gasteiger partial charge in [0.05, 0.1) is 12.5 Å². The molecule has 0 aromatic carbocycles. The minimum Gasteiger partial charge on any atom is -0.481 e. The van der Waals surface area contributed by atoms with Crippen LogP contribution in [0.5, 0.6) is 5.88 Å². The Kier molecular flexibility index (Phi) is 4.31. The number of rotatable bonds is 5. The smallest absolute Gasteiger partial charge is 0.227 e. The second kappa shape index (κ2) is 5.52. The van der Waals surface area contributed by atoms with E-state index in [1.54, 1.807) is 26.4 Å². The first-order valence-electron chi connectivity index (χ1n) is 5.45. The number of ether oxygens (including phenoxy) is 1. The van der Waals surface area contributed by atoms with Crippen LogP contribution in [0.1, 0.15) is 13.8 Å². The molecule has 5 heteroatoms. The molecule has 0 saturated heterocycles. The van der Waals surface area contributed by atoms with Crippen molar-refractivity contribution < 1.29 is 9.53 Å². The van der Waals surface area contributed by atoms with Crippen LogP contribution < -0.4 is 15.4 Å². The number of amides is 1. The maximum Gasteiger partial charge on any atom is 0.227 e. The number of carbonyl (C=O) groups excluding carboxylic acids is 1. The van der Waals surface area contributed by atoms with Crippen molar-refractivity contribution in [2.24, 2.45) is 5.41 Å². The second-order valence-electron chi connectivity index (χ2n) is 4.40. The molecule has 0 radical (unpaired) electrons. The van der Waals surface area contributed by atoms with E-state index in [1.807, 2.05) is 19.9 Å². The van der Waals surface area contributed by atoms with Gasteiger partial charge in [0.2, 0.25) is 11.8 Å². The third-order valence-corrected chi connectivity index (χ3v) is 2.52. The van der Waals surface area contributed by atoms with Gasteiger partial charge in [0.1, 0.15) is 0 Å². The summed E-state index contributed by atoms with van der Waals surface area (Å²) >= 11 is 0. The maximum absolute atomic E-state index is 11.6. The lowest BCUT2D eigenvalue weighted by Crippen LogP contribution is -2.39. The Morgan fingerprint density at radius 2 is 2.24 bits per heavy atom. The van der Waals surface area contributed by atoms with Crippen molar-refractivity contribution in [1.29, 1.82) is 0 Å². The van der Waals surface area contributed by atoms with Crippen molar-refractivity contribution in [2.75, 3.05) is 26.0 Å². The summed E-state index contributed by atoms with van der Waals surface area (Å²) in [4.78, 5) is 15.6. The van der Waals surface area contributed by atoms with Crippen LogP contribution in [0.3, 0.4) is 0 Å². The average Bonchev–Trinajstić information content (AvgIpc) is 2.35. The quantitative estimate of drug-likeness (QED) is 0.809. The lowest BCUT2D eigenvalue weighted by atomic mass is 9.92. The van der Waals surface area contributed by atoms with Gasteiger partial charge in [0.25, 0.3) is 0 Å². The lowest BCUT2D eigenvalue weighted by molar-refractivity contribution is -0.128. The van der Waals surface area contributed by atoms with Crippen molar-refractivity contribution in [1.82, 2.24) is 10.3 Å². The summed E-state index contributed by atoms with van der Waals surface area (Å²) in [6.07, 6.45) is 1.66. The number of hydrogen-bond donors (Lipinski definition) is 2. The average molecular weight is 237 g/mol. The van der Waals surface area contributed by atoms with Gasteiger partial charge in [0.15, 0.2) is 0 Å². The molecule has 1 aromatic rings. The number of nitrogens with one attached hydrogen (secondary N) is 2. The Labute approximate surface area is 102 Å². The normalized spacial score (nSPS) is 10.8. The summed E-state index contributed by atoms with van der Waals surface area (Å²) in [6.45, 7) is 4.31. The van der Waals surface area contributed by atoms with E-state index < -0.39 is 5.41 Å². The molecule has 0 aliphatic heterocycles. The van der Waals surface area contributed by atoms with E-state index in [-0.39, 0.29) is 5.91 Å². The molecule has 0 atom stereocenters. The Hall–Kier alpha value is -1.78. The van der Waals surface area contributed by atoms with E-state index in [0.29, 0.717) is 12.4 Å². The fourth-order valence-electron chi connectivity index (χ4n) is 1.37. The SMILES string of the molecule is CNC(=O)C(C)(C)CNc1ccnc(OC)c1. The van der Waals surface area contributed by atoms with Crippen molar-refractivity contribution >= 4 is 11.6 Å². The molecule has 0 bridgehead atoms. The molecule has 0 fully saturated rings. The molecular weight excluding hydrogens is 218 g/mol. The Bertz CT molecular complexity index is 391. The van der Waals surface area contributed by atoms with Gasteiger partial charge in [-0.2, -0.15) is 0 Å². The molecule has 2 N–H and O–H groups in total. The van der Waals surface area contributed by atoms with Gasteiger partial charge < -0.3 is 15.4 Å². The summed E-state index contributed by atoms with van der Waals surface area (Å²) in [5.41, 5.74) is 0.416. The van der Waals surface area contributed by atoms with E-state index in [1.165, 1.54) is 0 Å². The van der Waals surface area contributed by atoms with Crippen molar-refractivity contribution in [3.63, 3.8) is 0 Å². The molecule has 1 rings (SSSR count). The van der Waals surface area contributed by atoms with Crippen LogP contribution in [0.25, 0.3) is 0 Å². The van der Waals surface area contributed by atoms with Gasteiger partial charge in [-0.3, -0.25) is 4.79 Å². The molecule has 94 valence electrons. The lowest BCUT2D eigenvalue weighted by Gasteiger charge is -2.23. The summed E-state index contributed by atoms with van der Waals surface area (Å²) in [7, 11) is 3.21. The van der Waals surface area contributed by atoms with Crippen molar-refractivity contribution in [3.05, 3.63) is 18.3 Å². The van der Waals surface area contributed by atoms with E-state index in [9.17, 15) is 4.79 Å². The van der Waals surface area contributed by atoms with Gasteiger partial charge >= 0.3 is 0 Å². The molecule has 5 nitrogen and oxygen atoms in total. The van der Waals surface area contributed by atoms with Crippen LogP contribution in [0, 0.1) is 5.41 Å². The number of aromatic nitrogens is 1. The summed E-state index contributed by atoms with van der Waals surface area (Å²) in [5, 5.41) is 5.84. The largest absolute Gasteiger partial charge is 0.481 e. The van der Waals surface area contributed by atoms with Crippen LogP contribution in [0.4, 0.5) is 5.69 Å². The molecule has 0 aliphatic carbocycles. The van der Waals surface area contributed by atoms with E-state index in [0.717, 1.165) is 5.69 Å². The highest BCUT2D eigenvalue weighted by Gasteiger charge is 2.26. The molecule has 1 amide bonds. The zero-order chi connectivity index (χ0) is 12.9. The fraction of sp³-hybridized carbons (Fsp3) is 0.500. The highest BCUT2D eigenvalue weighted by atomic mass is 16.5. The highest BCUT2D eigenvalue weighted by Crippen LogP contribution is 2.18. The number of anilines is 1. The molecule has 1 aromatic heterocycles. The Morgan fingerprint density at radius 1 is 1.53 bits per heavy atom. The van der Waals surface area contributed by atoms with Crippen molar-refractivity contribution in [2.45, 2.75) is 13.8 Å². The fourth-order valence-corrected chi connectivity index (χ4v) is 1.37. The van der Waals surface area contributed by atoms with Crippen LogP contribution in [0.15, 0.2) is 18.3 Å². The number of carbonyl (C=O) groups is 1. The predicted molar refractivity (Wildman–Crippen MR) is 67.1 cm³/mol. The minimum atomic E-state index is -0.467. The topological polar surface area (TPSA) is 63.2 Å². The molecule has 0 aliphatic rings. The molecule has 0 saturated carbocycles. The minimum absolute atomic E-state index is 0.00558. The molecule has 0 unspecified atom stereocenters. The number of methoxy groups -OCH3 is 1. The molecule has 0 spiro atoms. The first-order valence-corrected chi connectivity index (χ1v) is 5.45.